The van der Waals surface area contributed by atoms with Crippen LogP contribution < -0.4 is 11.1 Å². The molecule has 1 aromatic rings. The molecule has 0 aromatic carbocycles. The van der Waals surface area contributed by atoms with E-state index in [1.807, 2.05) is 17.9 Å². The monoisotopic (exact) mass is 194 g/mol. The molecule has 1 saturated carbocycles. The third-order valence-electron chi connectivity index (χ3n) is 2.65. The van der Waals surface area contributed by atoms with Crippen molar-refractivity contribution >= 4 is 5.69 Å². The highest BCUT2D eigenvalue weighted by atomic mass is 15.3. The van der Waals surface area contributed by atoms with Gasteiger partial charge >= 0.3 is 0 Å². The fraction of sp³-hybridized carbons (Fsp3) is 0.700. The zero-order valence-electron chi connectivity index (χ0n) is 8.66. The Labute approximate surface area is 84.5 Å². The van der Waals surface area contributed by atoms with E-state index in [0.29, 0.717) is 0 Å². The van der Waals surface area contributed by atoms with Crippen molar-refractivity contribution in [3.8, 4) is 0 Å². The molecule has 1 aromatic heterocycles. The SMILES string of the molecule is Cn1ncc(NCCCN)c1C1CC1. The molecule has 0 unspecified atom stereocenters. The molecule has 0 amide bonds. The van der Waals surface area contributed by atoms with Gasteiger partial charge in [-0.3, -0.25) is 4.68 Å². The fourth-order valence-corrected chi connectivity index (χ4v) is 1.75. The lowest BCUT2D eigenvalue weighted by molar-refractivity contribution is 0.714. The average molecular weight is 194 g/mol. The number of aryl methyl sites for hydroxylation is 1. The molecule has 2 rings (SSSR count). The van der Waals surface area contributed by atoms with Gasteiger partial charge in [0.1, 0.15) is 0 Å². The molecule has 4 nitrogen and oxygen atoms in total. The highest BCUT2D eigenvalue weighted by Gasteiger charge is 2.29. The number of aromatic nitrogens is 2. The molecule has 4 heteroatoms. The van der Waals surface area contributed by atoms with E-state index in [1.165, 1.54) is 24.2 Å². The van der Waals surface area contributed by atoms with E-state index in [2.05, 4.69) is 10.4 Å². The minimum absolute atomic E-state index is 0.739. The van der Waals surface area contributed by atoms with E-state index < -0.39 is 0 Å². The molecule has 3 N–H and O–H groups in total. The fourth-order valence-electron chi connectivity index (χ4n) is 1.75. The molecule has 0 saturated heterocycles. The zero-order chi connectivity index (χ0) is 9.97. The number of nitrogens with one attached hydrogen (secondary N) is 1. The average Bonchev–Trinajstić information content (AvgIpc) is 2.93. The second-order valence-electron chi connectivity index (χ2n) is 3.91. The molecular weight excluding hydrogens is 176 g/mol. The maximum Gasteiger partial charge on any atom is 0.0761 e. The van der Waals surface area contributed by atoms with Crippen LogP contribution in [0, 0.1) is 0 Å². The Balaban J connectivity index is 2.01. The number of hydrogen-bond donors (Lipinski definition) is 2. The highest BCUT2D eigenvalue weighted by Crippen LogP contribution is 2.42. The first-order valence-electron chi connectivity index (χ1n) is 5.28. The number of anilines is 1. The first kappa shape index (κ1) is 9.52. The summed E-state index contributed by atoms with van der Waals surface area (Å²) in [4.78, 5) is 0. The predicted molar refractivity (Wildman–Crippen MR) is 57.3 cm³/mol. The van der Waals surface area contributed by atoms with Gasteiger partial charge in [0.05, 0.1) is 17.6 Å². The number of nitrogens with two attached hydrogens (primary N) is 1. The topological polar surface area (TPSA) is 55.9 Å². The Bertz CT molecular complexity index is 301. The van der Waals surface area contributed by atoms with Crippen molar-refractivity contribution in [3.63, 3.8) is 0 Å². The van der Waals surface area contributed by atoms with Crippen molar-refractivity contribution in [2.75, 3.05) is 18.4 Å². The Kier molecular flexibility index (Phi) is 2.72. The largest absolute Gasteiger partial charge is 0.382 e. The van der Waals surface area contributed by atoms with Crippen molar-refractivity contribution in [1.29, 1.82) is 0 Å². The summed E-state index contributed by atoms with van der Waals surface area (Å²) < 4.78 is 1.99. The summed E-state index contributed by atoms with van der Waals surface area (Å²) in [6.45, 7) is 1.69. The Morgan fingerprint density at radius 2 is 2.43 bits per heavy atom. The van der Waals surface area contributed by atoms with Gasteiger partial charge in [0.15, 0.2) is 0 Å². The summed E-state index contributed by atoms with van der Waals surface area (Å²) in [5, 5.41) is 7.67. The molecule has 0 radical (unpaired) electrons. The van der Waals surface area contributed by atoms with Crippen LogP contribution in [0.25, 0.3) is 0 Å². The van der Waals surface area contributed by atoms with Gasteiger partial charge in [-0.25, -0.2) is 0 Å². The summed E-state index contributed by atoms with van der Waals surface area (Å²) in [5.74, 6) is 0.739. The third kappa shape index (κ3) is 1.90. The van der Waals surface area contributed by atoms with E-state index in [-0.39, 0.29) is 0 Å². The minimum atomic E-state index is 0.739. The zero-order valence-corrected chi connectivity index (χ0v) is 8.66. The van der Waals surface area contributed by atoms with Crippen LogP contribution in [-0.2, 0) is 7.05 Å². The van der Waals surface area contributed by atoms with Crippen LogP contribution in [0.5, 0.6) is 0 Å². The molecule has 1 heterocycles. The van der Waals surface area contributed by atoms with E-state index in [1.54, 1.807) is 0 Å². The Hall–Kier alpha value is -1.03. The lowest BCUT2D eigenvalue weighted by Crippen LogP contribution is -2.09. The second kappa shape index (κ2) is 4.00. The lowest BCUT2D eigenvalue weighted by atomic mass is 10.2. The van der Waals surface area contributed by atoms with Crippen molar-refractivity contribution in [3.05, 3.63) is 11.9 Å². The molecular formula is C10H18N4. The van der Waals surface area contributed by atoms with Crippen LogP contribution in [0.2, 0.25) is 0 Å². The molecule has 78 valence electrons. The van der Waals surface area contributed by atoms with Crippen LogP contribution >= 0.6 is 0 Å². The van der Waals surface area contributed by atoms with Crippen LogP contribution in [0.4, 0.5) is 5.69 Å². The van der Waals surface area contributed by atoms with Gasteiger partial charge in [0, 0.05) is 19.5 Å². The Morgan fingerprint density at radius 3 is 3.07 bits per heavy atom. The van der Waals surface area contributed by atoms with Crippen molar-refractivity contribution in [2.45, 2.75) is 25.2 Å². The van der Waals surface area contributed by atoms with Crippen LogP contribution in [-0.4, -0.2) is 22.9 Å². The molecule has 1 aliphatic rings. The quantitative estimate of drug-likeness (QED) is 0.689. The summed E-state index contributed by atoms with van der Waals surface area (Å²) in [5.41, 5.74) is 8.01. The molecule has 0 spiro atoms. The van der Waals surface area contributed by atoms with Gasteiger partial charge in [0.2, 0.25) is 0 Å². The molecule has 0 bridgehead atoms. The Morgan fingerprint density at radius 1 is 1.64 bits per heavy atom. The van der Waals surface area contributed by atoms with Crippen molar-refractivity contribution in [2.24, 2.45) is 12.8 Å². The maximum absolute atomic E-state index is 5.45. The molecule has 0 atom stereocenters. The van der Waals surface area contributed by atoms with E-state index >= 15 is 0 Å². The standard InChI is InChI=1S/C10H18N4/c1-14-10(8-3-4-8)9(7-13-14)12-6-2-5-11/h7-8,12H,2-6,11H2,1H3. The smallest absolute Gasteiger partial charge is 0.0761 e. The van der Waals surface area contributed by atoms with Crippen LogP contribution in [0.3, 0.4) is 0 Å². The first-order valence-corrected chi connectivity index (χ1v) is 5.28. The second-order valence-corrected chi connectivity index (χ2v) is 3.91. The molecule has 0 aliphatic heterocycles. The summed E-state index contributed by atoms with van der Waals surface area (Å²) >= 11 is 0. The van der Waals surface area contributed by atoms with Gasteiger partial charge < -0.3 is 11.1 Å². The molecule has 1 fully saturated rings. The summed E-state index contributed by atoms with van der Waals surface area (Å²) in [7, 11) is 2.02. The first-order chi connectivity index (χ1) is 6.83. The summed E-state index contributed by atoms with van der Waals surface area (Å²) in [6, 6.07) is 0. The van der Waals surface area contributed by atoms with Crippen molar-refractivity contribution in [1.82, 2.24) is 9.78 Å². The third-order valence-corrected chi connectivity index (χ3v) is 2.65. The maximum atomic E-state index is 5.45. The minimum Gasteiger partial charge on any atom is -0.382 e. The highest BCUT2D eigenvalue weighted by molar-refractivity contribution is 5.49. The van der Waals surface area contributed by atoms with Gasteiger partial charge in [-0.1, -0.05) is 0 Å². The number of nitrogens with zero attached hydrogens (tertiary/aromatic N) is 2. The van der Waals surface area contributed by atoms with Gasteiger partial charge in [0.25, 0.3) is 0 Å². The molecule has 14 heavy (non-hydrogen) atoms. The summed E-state index contributed by atoms with van der Waals surface area (Å²) in [6.07, 6.45) is 5.55. The van der Waals surface area contributed by atoms with Crippen molar-refractivity contribution < 1.29 is 0 Å². The predicted octanol–water partition coefficient (Wildman–Crippen LogP) is 1.06. The van der Waals surface area contributed by atoms with Crippen LogP contribution in [0.1, 0.15) is 30.9 Å². The lowest BCUT2D eigenvalue weighted by Gasteiger charge is -2.06. The van der Waals surface area contributed by atoms with E-state index in [0.717, 1.165) is 25.4 Å². The van der Waals surface area contributed by atoms with Gasteiger partial charge in [-0.05, 0) is 25.8 Å². The normalized spacial score (nSPS) is 15.9. The van der Waals surface area contributed by atoms with Gasteiger partial charge in [-0.15, -0.1) is 0 Å². The van der Waals surface area contributed by atoms with Crippen LogP contribution in [0.15, 0.2) is 6.20 Å². The van der Waals surface area contributed by atoms with E-state index in [4.69, 9.17) is 5.73 Å². The molecule has 1 aliphatic carbocycles. The number of hydrogen-bond acceptors (Lipinski definition) is 3. The van der Waals surface area contributed by atoms with Gasteiger partial charge in [-0.2, -0.15) is 5.10 Å². The number of rotatable bonds is 5. The van der Waals surface area contributed by atoms with E-state index in [9.17, 15) is 0 Å².